The van der Waals surface area contributed by atoms with E-state index in [-0.39, 0.29) is 0 Å². The first-order chi connectivity index (χ1) is 3.92. The monoisotopic (exact) mass is 154 g/mol. The number of hydrazine groups is 1. The van der Waals surface area contributed by atoms with Gasteiger partial charge in [0.15, 0.2) is 0 Å². The Balaban J connectivity index is 3.53. The normalized spacial score (nSPS) is 10.9. The second-order valence-corrected chi connectivity index (χ2v) is 2.51. The SMILES string of the molecule is N=C(N)NNP(=O)(O)O. The van der Waals surface area contributed by atoms with Gasteiger partial charge in [-0.05, 0) is 0 Å². The van der Waals surface area contributed by atoms with Crippen molar-refractivity contribution in [3.05, 3.63) is 0 Å². The molecule has 7 N–H and O–H groups in total. The molecule has 0 bridgehead atoms. The number of hydrogen-bond acceptors (Lipinski definition) is 2. The lowest BCUT2D eigenvalue weighted by atomic mass is 11.1. The van der Waals surface area contributed by atoms with E-state index >= 15 is 0 Å². The summed E-state index contributed by atoms with van der Waals surface area (Å²) in [5.41, 5.74) is 6.40. The van der Waals surface area contributed by atoms with Crippen molar-refractivity contribution in [2.24, 2.45) is 5.73 Å². The molecule has 0 rings (SSSR count). The third kappa shape index (κ3) is 7.38. The van der Waals surface area contributed by atoms with E-state index in [0.717, 1.165) is 0 Å². The van der Waals surface area contributed by atoms with Gasteiger partial charge in [-0.3, -0.25) is 10.8 Å². The zero-order chi connectivity index (χ0) is 7.49. The van der Waals surface area contributed by atoms with Gasteiger partial charge in [-0.25, -0.2) is 4.57 Å². The van der Waals surface area contributed by atoms with E-state index in [2.05, 4.69) is 5.73 Å². The third-order valence-corrected chi connectivity index (χ3v) is 0.739. The molecule has 0 spiro atoms. The number of guanidine groups is 1. The molecule has 9 heavy (non-hydrogen) atoms. The molecule has 0 aromatic heterocycles. The maximum Gasteiger partial charge on any atom is 0.418 e. The van der Waals surface area contributed by atoms with Crippen molar-refractivity contribution < 1.29 is 14.4 Å². The third-order valence-electron chi connectivity index (χ3n) is 0.336. The van der Waals surface area contributed by atoms with Crippen LogP contribution in [0.15, 0.2) is 0 Å². The van der Waals surface area contributed by atoms with Crippen molar-refractivity contribution in [2.45, 2.75) is 0 Å². The zero-order valence-corrected chi connectivity index (χ0v) is 5.22. The van der Waals surface area contributed by atoms with Crippen LogP contribution in [-0.4, -0.2) is 15.7 Å². The molecule has 0 aromatic rings. The smallest absolute Gasteiger partial charge is 0.369 e. The zero-order valence-electron chi connectivity index (χ0n) is 4.33. The van der Waals surface area contributed by atoms with E-state index in [1.807, 2.05) is 0 Å². The minimum atomic E-state index is -4.30. The summed E-state index contributed by atoms with van der Waals surface area (Å²) in [5.74, 6) is -0.557. The molecular formula is CH7N4O3P. The Morgan fingerprint density at radius 3 is 2.22 bits per heavy atom. The van der Waals surface area contributed by atoms with Gasteiger partial charge >= 0.3 is 7.75 Å². The van der Waals surface area contributed by atoms with Gasteiger partial charge in [0.25, 0.3) is 0 Å². The fraction of sp³-hybridized carbons (Fsp3) is 0. The lowest BCUT2D eigenvalue weighted by Gasteiger charge is -2.05. The first kappa shape index (κ1) is 8.38. The molecule has 0 unspecified atom stereocenters. The van der Waals surface area contributed by atoms with Crippen molar-refractivity contribution in [1.82, 2.24) is 10.6 Å². The molecule has 0 aliphatic heterocycles. The summed E-state index contributed by atoms with van der Waals surface area (Å²) >= 11 is 0. The predicted octanol–water partition coefficient (Wildman–Crippen LogP) is -1.93. The van der Waals surface area contributed by atoms with Crippen LogP contribution in [0.25, 0.3) is 0 Å². The van der Waals surface area contributed by atoms with E-state index in [9.17, 15) is 4.57 Å². The van der Waals surface area contributed by atoms with Crippen molar-refractivity contribution in [1.29, 1.82) is 5.41 Å². The van der Waals surface area contributed by atoms with Gasteiger partial charge in [0.05, 0.1) is 0 Å². The molecule has 54 valence electrons. The average molecular weight is 154 g/mol. The average Bonchev–Trinajstić information content (AvgIpc) is 1.59. The van der Waals surface area contributed by atoms with E-state index in [1.54, 1.807) is 5.43 Å². The molecule has 0 saturated carbocycles. The fourth-order valence-electron chi connectivity index (χ4n) is 0.133. The van der Waals surface area contributed by atoms with Gasteiger partial charge in [-0.1, -0.05) is 0 Å². The first-order valence-electron chi connectivity index (χ1n) is 1.84. The van der Waals surface area contributed by atoms with Crippen molar-refractivity contribution in [3.63, 3.8) is 0 Å². The minimum absolute atomic E-state index is 0.557. The van der Waals surface area contributed by atoms with Crippen molar-refractivity contribution in [2.75, 3.05) is 0 Å². The maximum absolute atomic E-state index is 9.90. The molecule has 0 aliphatic rings. The van der Waals surface area contributed by atoms with Crippen LogP contribution in [-0.2, 0) is 4.57 Å². The lowest BCUT2D eigenvalue weighted by molar-refractivity contribution is 0.353. The highest BCUT2D eigenvalue weighted by molar-refractivity contribution is 7.49. The number of rotatable bonds is 2. The van der Waals surface area contributed by atoms with Gasteiger partial charge in [0, 0.05) is 0 Å². The predicted molar refractivity (Wildman–Crippen MR) is 30.2 cm³/mol. The van der Waals surface area contributed by atoms with E-state index in [4.69, 9.17) is 15.2 Å². The maximum atomic E-state index is 9.90. The standard InChI is InChI=1S/CH7N4O3P/c2-1(3)4-5-9(6,7)8/h(H4,2,3,4)(H3,5,6,7,8). The Hall–Kier alpha value is -0.620. The highest BCUT2D eigenvalue weighted by Crippen LogP contribution is 2.25. The molecule has 0 aliphatic carbocycles. The fourth-order valence-corrected chi connectivity index (χ4v) is 0.399. The Labute approximate surface area is 50.9 Å². The van der Waals surface area contributed by atoms with Crippen molar-refractivity contribution in [3.8, 4) is 0 Å². The van der Waals surface area contributed by atoms with Crippen LogP contribution >= 0.6 is 7.75 Å². The Kier molecular flexibility index (Phi) is 2.60. The summed E-state index contributed by atoms with van der Waals surface area (Å²) < 4.78 is 9.90. The molecule has 0 aromatic carbocycles. The topological polar surface area (TPSA) is 131 Å². The van der Waals surface area contributed by atoms with Crippen LogP contribution in [0.2, 0.25) is 0 Å². The number of hydrogen-bond donors (Lipinski definition) is 6. The minimum Gasteiger partial charge on any atom is -0.369 e. The summed E-state index contributed by atoms with van der Waals surface area (Å²) in [6, 6.07) is 0. The van der Waals surface area contributed by atoms with Gasteiger partial charge in [-0.15, -0.1) is 5.20 Å². The van der Waals surface area contributed by atoms with Crippen molar-refractivity contribution >= 4 is 13.7 Å². The molecular weight excluding hydrogens is 147 g/mol. The van der Waals surface area contributed by atoms with Crippen LogP contribution in [0.1, 0.15) is 0 Å². The molecule has 7 nitrogen and oxygen atoms in total. The summed E-state index contributed by atoms with van der Waals surface area (Å²) in [7, 11) is -4.30. The molecule has 0 saturated heterocycles. The largest absolute Gasteiger partial charge is 0.418 e. The van der Waals surface area contributed by atoms with Crippen LogP contribution in [0.4, 0.5) is 0 Å². The van der Waals surface area contributed by atoms with E-state index in [0.29, 0.717) is 0 Å². The van der Waals surface area contributed by atoms with E-state index in [1.165, 1.54) is 5.20 Å². The molecule has 0 fully saturated rings. The summed E-state index contributed by atoms with van der Waals surface area (Å²) in [5, 5.41) is 7.92. The van der Waals surface area contributed by atoms with Gasteiger partial charge in [0.1, 0.15) is 0 Å². The highest BCUT2D eigenvalue weighted by Gasteiger charge is 2.09. The number of nitrogens with two attached hydrogens (primary N) is 1. The molecule has 8 heteroatoms. The lowest BCUT2D eigenvalue weighted by Crippen LogP contribution is -2.39. The molecule has 0 amide bonds. The molecule has 0 heterocycles. The van der Waals surface area contributed by atoms with Crippen LogP contribution in [0.3, 0.4) is 0 Å². The van der Waals surface area contributed by atoms with Gasteiger partial charge in [0.2, 0.25) is 5.96 Å². The second kappa shape index (κ2) is 2.79. The summed E-state index contributed by atoms with van der Waals surface area (Å²) in [4.78, 5) is 16.1. The second-order valence-electron chi connectivity index (χ2n) is 1.19. The Morgan fingerprint density at radius 1 is 1.67 bits per heavy atom. The first-order valence-corrected chi connectivity index (χ1v) is 3.46. The van der Waals surface area contributed by atoms with E-state index < -0.39 is 13.7 Å². The summed E-state index contributed by atoms with van der Waals surface area (Å²) in [6.07, 6.45) is 0. The Morgan fingerprint density at radius 2 is 2.11 bits per heavy atom. The molecule has 0 radical (unpaired) electrons. The van der Waals surface area contributed by atoms with Gasteiger partial charge in [-0.2, -0.15) is 0 Å². The Bertz CT molecular complexity index is 150. The number of nitrogens with one attached hydrogen (secondary N) is 3. The van der Waals surface area contributed by atoms with Crippen LogP contribution < -0.4 is 16.4 Å². The summed E-state index contributed by atoms with van der Waals surface area (Å²) in [6.45, 7) is 0. The quantitative estimate of drug-likeness (QED) is 0.119. The highest BCUT2D eigenvalue weighted by atomic mass is 31.2. The van der Waals surface area contributed by atoms with Gasteiger partial charge < -0.3 is 15.5 Å². The van der Waals surface area contributed by atoms with Crippen LogP contribution in [0, 0.1) is 5.41 Å². The molecule has 0 atom stereocenters. The van der Waals surface area contributed by atoms with Crippen LogP contribution in [0.5, 0.6) is 0 Å².